The number of nitrogens with one attached hydrogen (secondary N) is 1. The van der Waals surface area contributed by atoms with Gasteiger partial charge in [-0.15, -0.1) is 0 Å². The summed E-state index contributed by atoms with van der Waals surface area (Å²) in [5.74, 6) is 0. The van der Waals surface area contributed by atoms with Crippen LogP contribution < -0.4 is 0 Å². The maximum atomic E-state index is 8.77. The predicted octanol–water partition coefficient (Wildman–Crippen LogP) is 1.76. The Kier molecular flexibility index (Phi) is 3.79. The second kappa shape index (κ2) is 5.59. The highest BCUT2D eigenvalue weighted by molar-refractivity contribution is 5.83. The number of likely N-dealkylation sites (tertiary alicyclic amines) is 2. The molecule has 1 aromatic carbocycles. The molecule has 2 aliphatic heterocycles. The third-order valence-electron chi connectivity index (χ3n) is 4.56. The Morgan fingerprint density at radius 1 is 1.24 bits per heavy atom. The number of rotatable bonds is 5. The zero-order chi connectivity index (χ0) is 14.9. The molecule has 2 saturated heterocycles. The van der Waals surface area contributed by atoms with Gasteiger partial charge in [-0.2, -0.15) is 5.26 Å². The van der Waals surface area contributed by atoms with Gasteiger partial charge in [0.1, 0.15) is 0 Å². The van der Waals surface area contributed by atoms with Crippen molar-refractivity contribution in [3.63, 3.8) is 0 Å². The molecule has 1 spiro atoms. The van der Waals surface area contributed by atoms with Crippen molar-refractivity contribution in [2.24, 2.45) is 5.41 Å². The van der Waals surface area contributed by atoms with Gasteiger partial charge in [-0.05, 0) is 31.2 Å². The number of hydrogen-bond donors (Lipinski definition) is 1. The maximum absolute atomic E-state index is 8.77. The minimum atomic E-state index is 0.587. The van der Waals surface area contributed by atoms with Gasteiger partial charge in [0, 0.05) is 50.3 Å². The summed E-state index contributed by atoms with van der Waals surface area (Å²) in [7, 11) is 2.18. The number of nitriles is 1. The lowest BCUT2D eigenvalue weighted by molar-refractivity contribution is -0.103. The average molecular weight is 282 g/mol. The summed E-state index contributed by atoms with van der Waals surface area (Å²) in [6, 6.07) is 9.69. The first kappa shape index (κ1) is 14.2. The molecule has 0 radical (unpaired) electrons. The van der Waals surface area contributed by atoms with Crippen LogP contribution >= 0.6 is 0 Å². The van der Waals surface area contributed by atoms with Crippen LogP contribution in [0.4, 0.5) is 0 Å². The van der Waals surface area contributed by atoms with Crippen molar-refractivity contribution < 1.29 is 0 Å². The average Bonchev–Trinajstić information content (AvgIpc) is 2.40. The molecule has 4 nitrogen and oxygen atoms in total. The summed E-state index contributed by atoms with van der Waals surface area (Å²) in [5.41, 5.74) is 3.18. The van der Waals surface area contributed by atoms with E-state index in [4.69, 9.17) is 10.7 Å². The van der Waals surface area contributed by atoms with Gasteiger partial charge >= 0.3 is 0 Å². The van der Waals surface area contributed by atoms with Gasteiger partial charge in [-0.1, -0.05) is 12.1 Å². The van der Waals surface area contributed by atoms with Gasteiger partial charge < -0.3 is 15.2 Å². The van der Waals surface area contributed by atoms with Crippen molar-refractivity contribution in [3.05, 3.63) is 35.4 Å². The molecule has 2 heterocycles. The highest BCUT2D eigenvalue weighted by atomic mass is 15.3. The Morgan fingerprint density at radius 2 is 1.90 bits per heavy atom. The van der Waals surface area contributed by atoms with Crippen molar-refractivity contribution in [1.29, 1.82) is 10.7 Å². The fourth-order valence-corrected chi connectivity index (χ4v) is 3.68. The van der Waals surface area contributed by atoms with Crippen molar-refractivity contribution in [1.82, 2.24) is 9.80 Å². The summed E-state index contributed by atoms with van der Waals surface area (Å²) in [5, 5.41) is 16.9. The second-order valence-corrected chi connectivity index (χ2v) is 6.72. The van der Waals surface area contributed by atoms with E-state index in [0.717, 1.165) is 24.2 Å². The molecule has 2 aliphatic rings. The number of benzene rings is 1. The molecule has 0 atom stereocenters. The van der Waals surface area contributed by atoms with Crippen molar-refractivity contribution in [3.8, 4) is 6.07 Å². The quantitative estimate of drug-likeness (QED) is 0.837. The molecule has 1 N–H and O–H groups in total. The highest BCUT2D eigenvalue weighted by Gasteiger charge is 2.49. The Balaban J connectivity index is 1.38. The van der Waals surface area contributed by atoms with Gasteiger partial charge in [0.05, 0.1) is 11.6 Å². The molecule has 110 valence electrons. The van der Waals surface area contributed by atoms with Gasteiger partial charge in [-0.3, -0.25) is 0 Å². The summed E-state index contributed by atoms with van der Waals surface area (Å²) in [6.45, 7) is 5.92. The van der Waals surface area contributed by atoms with Crippen LogP contribution in [0.2, 0.25) is 0 Å². The van der Waals surface area contributed by atoms with E-state index in [1.165, 1.54) is 26.2 Å². The fourth-order valence-electron chi connectivity index (χ4n) is 3.68. The molecule has 0 aliphatic carbocycles. The predicted molar refractivity (Wildman–Crippen MR) is 83.6 cm³/mol. The maximum Gasteiger partial charge on any atom is 0.0991 e. The van der Waals surface area contributed by atoms with Crippen molar-refractivity contribution >= 4 is 5.71 Å². The molecule has 4 heteroatoms. The largest absolute Gasteiger partial charge is 0.309 e. The van der Waals surface area contributed by atoms with E-state index in [9.17, 15) is 0 Å². The van der Waals surface area contributed by atoms with Crippen LogP contribution in [0, 0.1) is 22.2 Å². The fraction of sp³-hybridized carbons (Fsp3) is 0.529. The first-order chi connectivity index (χ1) is 10.1. The third kappa shape index (κ3) is 3.15. The molecule has 0 saturated carbocycles. The summed E-state index contributed by atoms with van der Waals surface area (Å²) in [6.07, 6.45) is 1.55. The Hall–Kier alpha value is -1.70. The summed E-state index contributed by atoms with van der Waals surface area (Å²) < 4.78 is 0. The third-order valence-corrected chi connectivity index (χ3v) is 4.56. The number of nitrogens with zero attached hydrogens (tertiary/aromatic N) is 3. The number of hydrogen-bond acceptors (Lipinski definition) is 4. The Bertz CT molecular complexity index is 555. The van der Waals surface area contributed by atoms with Gasteiger partial charge in [0.15, 0.2) is 0 Å². The van der Waals surface area contributed by atoms with Crippen molar-refractivity contribution in [2.75, 3.05) is 39.8 Å². The van der Waals surface area contributed by atoms with E-state index >= 15 is 0 Å². The van der Waals surface area contributed by atoms with Crippen LogP contribution in [-0.4, -0.2) is 55.3 Å². The van der Waals surface area contributed by atoms with E-state index in [2.05, 4.69) is 22.9 Å². The molecule has 0 unspecified atom stereocenters. The molecule has 1 aromatic rings. The minimum absolute atomic E-state index is 0.587. The molecule has 3 rings (SSSR count). The highest BCUT2D eigenvalue weighted by Crippen LogP contribution is 2.38. The second-order valence-electron chi connectivity index (χ2n) is 6.72. The van der Waals surface area contributed by atoms with Crippen molar-refractivity contribution in [2.45, 2.75) is 12.8 Å². The normalized spacial score (nSPS) is 20.6. The van der Waals surface area contributed by atoms with Gasteiger partial charge in [-0.25, -0.2) is 0 Å². The summed E-state index contributed by atoms with van der Waals surface area (Å²) >= 11 is 0. The lowest BCUT2D eigenvalue weighted by atomic mass is 9.73. The molecule has 2 fully saturated rings. The lowest BCUT2D eigenvalue weighted by Crippen LogP contribution is -2.71. The first-order valence-electron chi connectivity index (χ1n) is 7.55. The molecule has 21 heavy (non-hydrogen) atoms. The molecule has 0 aromatic heterocycles. The topological polar surface area (TPSA) is 54.1 Å². The van der Waals surface area contributed by atoms with Crippen LogP contribution in [0.3, 0.4) is 0 Å². The van der Waals surface area contributed by atoms with E-state index in [1.807, 2.05) is 24.3 Å². The van der Waals surface area contributed by atoms with E-state index in [1.54, 1.807) is 0 Å². The SMILES string of the molecule is CN1CC2(C1)CN(CCC(=N)Cc1ccc(C#N)cc1)C2. The smallest absolute Gasteiger partial charge is 0.0991 e. The Labute approximate surface area is 126 Å². The van der Waals surface area contributed by atoms with Crippen LogP contribution in [0.1, 0.15) is 17.5 Å². The molecule has 0 bridgehead atoms. The van der Waals surface area contributed by atoms with E-state index < -0.39 is 0 Å². The van der Waals surface area contributed by atoms with Crippen LogP contribution in [0.15, 0.2) is 24.3 Å². The summed E-state index contributed by atoms with van der Waals surface area (Å²) in [4.78, 5) is 4.85. The first-order valence-corrected chi connectivity index (χ1v) is 7.55. The van der Waals surface area contributed by atoms with E-state index in [0.29, 0.717) is 17.4 Å². The minimum Gasteiger partial charge on any atom is -0.309 e. The Morgan fingerprint density at radius 3 is 2.48 bits per heavy atom. The van der Waals surface area contributed by atoms with Crippen LogP contribution in [0.25, 0.3) is 0 Å². The van der Waals surface area contributed by atoms with Crippen LogP contribution in [-0.2, 0) is 6.42 Å². The molecule has 0 amide bonds. The monoisotopic (exact) mass is 282 g/mol. The molecular weight excluding hydrogens is 260 g/mol. The van der Waals surface area contributed by atoms with Gasteiger partial charge in [0.25, 0.3) is 0 Å². The van der Waals surface area contributed by atoms with Gasteiger partial charge in [0.2, 0.25) is 0 Å². The zero-order valence-electron chi connectivity index (χ0n) is 12.6. The van der Waals surface area contributed by atoms with Crippen LogP contribution in [0.5, 0.6) is 0 Å². The zero-order valence-corrected chi connectivity index (χ0v) is 12.6. The lowest BCUT2D eigenvalue weighted by Gasteiger charge is -2.59. The molecular formula is C17H22N4. The van der Waals surface area contributed by atoms with E-state index in [-0.39, 0.29) is 0 Å². The standard InChI is InChI=1S/C17H22N4/c1-20-10-17(11-20)12-21(13-17)7-6-16(19)8-14-2-4-15(9-18)5-3-14/h2-5,19H,6-8,10-13H2,1H3.